The quantitative estimate of drug-likeness (QED) is 0.833. The summed E-state index contributed by atoms with van der Waals surface area (Å²) in [5, 5.41) is 2.05. The molecular formula is C12H18BrNO2S. The van der Waals surface area contributed by atoms with E-state index in [4.69, 9.17) is 4.74 Å². The number of carbonyl (C=O) groups excluding carboxylic acids is 1. The maximum atomic E-state index is 12.0. The molecule has 0 aliphatic heterocycles. The van der Waals surface area contributed by atoms with Gasteiger partial charge in [-0.3, -0.25) is 4.79 Å². The van der Waals surface area contributed by atoms with Gasteiger partial charge in [0, 0.05) is 20.7 Å². The molecule has 0 N–H and O–H groups in total. The molecule has 5 heteroatoms. The molecular weight excluding hydrogens is 302 g/mol. The van der Waals surface area contributed by atoms with Crippen LogP contribution in [-0.4, -0.2) is 30.6 Å². The van der Waals surface area contributed by atoms with E-state index in [9.17, 15) is 4.79 Å². The summed E-state index contributed by atoms with van der Waals surface area (Å²) in [6, 6.07) is 2.04. The van der Waals surface area contributed by atoms with Gasteiger partial charge in [-0.25, -0.2) is 0 Å². The summed E-state index contributed by atoms with van der Waals surface area (Å²) in [7, 11) is 3.45. The maximum absolute atomic E-state index is 12.0. The number of amides is 1. The van der Waals surface area contributed by atoms with Gasteiger partial charge in [0.2, 0.25) is 5.91 Å². The van der Waals surface area contributed by atoms with Crippen LogP contribution in [0.1, 0.15) is 25.8 Å². The average molecular weight is 320 g/mol. The van der Waals surface area contributed by atoms with Gasteiger partial charge in [-0.05, 0) is 46.8 Å². The highest BCUT2D eigenvalue weighted by Gasteiger charge is 2.23. The van der Waals surface area contributed by atoms with E-state index in [1.165, 1.54) is 0 Å². The van der Waals surface area contributed by atoms with E-state index in [1.807, 2.05) is 27.0 Å². The normalized spacial score (nSPS) is 11.6. The summed E-state index contributed by atoms with van der Waals surface area (Å²) in [5.74, 6) is 0.0965. The van der Waals surface area contributed by atoms with Crippen LogP contribution >= 0.6 is 27.3 Å². The Bertz CT molecular complexity index is 390. The third kappa shape index (κ3) is 4.77. The fourth-order valence-corrected chi connectivity index (χ4v) is 2.56. The molecule has 17 heavy (non-hydrogen) atoms. The van der Waals surface area contributed by atoms with Gasteiger partial charge in [-0.2, -0.15) is 0 Å². The Labute approximate surface area is 115 Å². The predicted molar refractivity (Wildman–Crippen MR) is 74.2 cm³/mol. The molecule has 0 aromatic carbocycles. The van der Waals surface area contributed by atoms with Gasteiger partial charge >= 0.3 is 0 Å². The Morgan fingerprint density at radius 1 is 1.59 bits per heavy atom. The van der Waals surface area contributed by atoms with E-state index in [1.54, 1.807) is 23.3 Å². The van der Waals surface area contributed by atoms with Crippen molar-refractivity contribution in [2.75, 3.05) is 14.2 Å². The van der Waals surface area contributed by atoms with E-state index in [0.29, 0.717) is 13.0 Å². The van der Waals surface area contributed by atoms with Crippen LogP contribution in [0.2, 0.25) is 0 Å². The minimum atomic E-state index is -0.402. The summed E-state index contributed by atoms with van der Waals surface area (Å²) in [6.45, 7) is 4.47. The summed E-state index contributed by atoms with van der Waals surface area (Å²) in [5.41, 5.74) is 0.744. The number of rotatable bonds is 5. The monoisotopic (exact) mass is 319 g/mol. The van der Waals surface area contributed by atoms with Crippen LogP contribution in [0.5, 0.6) is 0 Å². The molecule has 0 fully saturated rings. The van der Waals surface area contributed by atoms with Gasteiger partial charge in [-0.1, -0.05) is 0 Å². The van der Waals surface area contributed by atoms with E-state index < -0.39 is 5.60 Å². The number of ether oxygens (including phenoxy) is 1. The molecule has 3 nitrogen and oxygen atoms in total. The molecule has 0 unspecified atom stereocenters. The second kappa shape index (κ2) is 5.98. The molecule has 0 saturated carbocycles. The van der Waals surface area contributed by atoms with Crippen molar-refractivity contribution in [3.8, 4) is 0 Å². The summed E-state index contributed by atoms with van der Waals surface area (Å²) < 4.78 is 6.35. The molecule has 1 aromatic rings. The van der Waals surface area contributed by atoms with Gasteiger partial charge in [-0.15, -0.1) is 11.3 Å². The molecule has 0 atom stereocenters. The van der Waals surface area contributed by atoms with Gasteiger partial charge in [0.1, 0.15) is 0 Å². The SMILES string of the molecule is COC(C)(C)CC(=O)N(C)Cc1csc(Br)c1. The lowest BCUT2D eigenvalue weighted by Crippen LogP contribution is -2.34. The summed E-state index contributed by atoms with van der Waals surface area (Å²) in [6.07, 6.45) is 0.394. The zero-order chi connectivity index (χ0) is 13.1. The van der Waals surface area contributed by atoms with Crippen molar-refractivity contribution >= 4 is 33.2 Å². The minimum absolute atomic E-state index is 0.0965. The highest BCUT2D eigenvalue weighted by atomic mass is 79.9. The van der Waals surface area contributed by atoms with Crippen LogP contribution in [0.25, 0.3) is 0 Å². The predicted octanol–water partition coefficient (Wildman–Crippen LogP) is 3.28. The Morgan fingerprint density at radius 3 is 2.71 bits per heavy atom. The Hall–Kier alpha value is -0.390. The lowest BCUT2D eigenvalue weighted by atomic mass is 10.0. The van der Waals surface area contributed by atoms with Crippen molar-refractivity contribution in [3.05, 3.63) is 20.8 Å². The zero-order valence-corrected chi connectivity index (χ0v) is 13.0. The number of carbonyl (C=O) groups is 1. The van der Waals surface area contributed by atoms with Crippen molar-refractivity contribution in [3.63, 3.8) is 0 Å². The van der Waals surface area contributed by atoms with Gasteiger partial charge in [0.05, 0.1) is 15.8 Å². The summed E-state index contributed by atoms with van der Waals surface area (Å²) >= 11 is 5.04. The average Bonchev–Trinajstić information content (AvgIpc) is 2.63. The molecule has 1 rings (SSSR count). The van der Waals surface area contributed by atoms with Crippen LogP contribution in [0.15, 0.2) is 15.2 Å². The zero-order valence-electron chi connectivity index (χ0n) is 10.6. The number of hydrogen-bond donors (Lipinski definition) is 0. The third-order valence-corrected chi connectivity index (χ3v) is 4.15. The van der Waals surface area contributed by atoms with Gasteiger partial charge < -0.3 is 9.64 Å². The van der Waals surface area contributed by atoms with Gasteiger partial charge in [0.15, 0.2) is 0 Å². The number of hydrogen-bond acceptors (Lipinski definition) is 3. The van der Waals surface area contributed by atoms with Crippen LogP contribution < -0.4 is 0 Å². The van der Waals surface area contributed by atoms with E-state index in [0.717, 1.165) is 9.35 Å². The van der Waals surface area contributed by atoms with Crippen molar-refractivity contribution in [2.45, 2.75) is 32.4 Å². The molecule has 0 saturated heterocycles. The maximum Gasteiger partial charge on any atom is 0.225 e. The highest BCUT2D eigenvalue weighted by molar-refractivity contribution is 9.11. The molecule has 0 radical (unpaired) electrons. The standard InChI is InChI=1S/C12H18BrNO2S/c1-12(2,16-4)6-11(15)14(3)7-9-5-10(13)17-8-9/h5,8H,6-7H2,1-4H3. The second-order valence-corrected chi connectivity index (χ2v) is 6.94. The summed E-state index contributed by atoms with van der Waals surface area (Å²) in [4.78, 5) is 13.7. The number of nitrogens with zero attached hydrogens (tertiary/aromatic N) is 1. The number of thiophene rings is 1. The molecule has 1 heterocycles. The van der Waals surface area contributed by atoms with Crippen molar-refractivity contribution < 1.29 is 9.53 Å². The van der Waals surface area contributed by atoms with Crippen molar-refractivity contribution in [1.82, 2.24) is 4.90 Å². The molecule has 1 amide bonds. The molecule has 0 bridgehead atoms. The highest BCUT2D eigenvalue weighted by Crippen LogP contribution is 2.22. The lowest BCUT2D eigenvalue weighted by molar-refractivity contribution is -0.135. The lowest BCUT2D eigenvalue weighted by Gasteiger charge is -2.25. The van der Waals surface area contributed by atoms with Gasteiger partial charge in [0.25, 0.3) is 0 Å². The Kier molecular flexibility index (Phi) is 5.16. The van der Waals surface area contributed by atoms with Crippen LogP contribution in [0.3, 0.4) is 0 Å². The van der Waals surface area contributed by atoms with Crippen LogP contribution in [0.4, 0.5) is 0 Å². The molecule has 0 spiro atoms. The van der Waals surface area contributed by atoms with E-state index >= 15 is 0 Å². The Balaban J connectivity index is 2.53. The second-order valence-electron chi connectivity index (χ2n) is 4.65. The topological polar surface area (TPSA) is 29.5 Å². The van der Waals surface area contributed by atoms with Crippen LogP contribution in [0, 0.1) is 0 Å². The third-order valence-electron chi connectivity index (χ3n) is 2.60. The molecule has 1 aromatic heterocycles. The minimum Gasteiger partial charge on any atom is -0.378 e. The van der Waals surface area contributed by atoms with Crippen LogP contribution in [-0.2, 0) is 16.1 Å². The molecule has 96 valence electrons. The Morgan fingerprint density at radius 2 is 2.24 bits per heavy atom. The van der Waals surface area contributed by atoms with E-state index in [2.05, 4.69) is 21.3 Å². The first-order valence-electron chi connectivity index (χ1n) is 5.36. The fraction of sp³-hybridized carbons (Fsp3) is 0.583. The fourth-order valence-electron chi connectivity index (χ4n) is 1.36. The van der Waals surface area contributed by atoms with Crippen molar-refractivity contribution in [1.29, 1.82) is 0 Å². The first kappa shape index (κ1) is 14.7. The molecule has 0 aliphatic rings. The number of halogens is 1. The van der Waals surface area contributed by atoms with Crippen molar-refractivity contribution in [2.24, 2.45) is 0 Å². The number of methoxy groups -OCH3 is 1. The first-order chi connectivity index (χ1) is 7.84. The smallest absolute Gasteiger partial charge is 0.225 e. The first-order valence-corrected chi connectivity index (χ1v) is 7.03. The molecule has 0 aliphatic carbocycles. The largest absolute Gasteiger partial charge is 0.378 e. The van der Waals surface area contributed by atoms with E-state index in [-0.39, 0.29) is 5.91 Å².